The topological polar surface area (TPSA) is 38.8 Å². The Morgan fingerprint density at radius 3 is 2.48 bits per heavy atom. The molecule has 0 bridgehead atoms. The van der Waals surface area contributed by atoms with Crippen LogP contribution in [0.15, 0.2) is 60.7 Å². The Hall–Kier alpha value is -2.17. The van der Waals surface area contributed by atoms with Crippen molar-refractivity contribution in [2.24, 2.45) is 5.92 Å². The first-order chi connectivity index (χ1) is 13.0. The largest absolute Gasteiger partial charge is 0.376 e. The van der Waals surface area contributed by atoms with Crippen molar-refractivity contribution >= 4 is 5.91 Å². The summed E-state index contributed by atoms with van der Waals surface area (Å²) in [6, 6.07) is 19.7. The Labute approximate surface area is 162 Å². The lowest BCUT2D eigenvalue weighted by atomic mass is 9.98. The van der Waals surface area contributed by atoms with Crippen molar-refractivity contribution in [1.29, 1.82) is 0 Å². The summed E-state index contributed by atoms with van der Waals surface area (Å²) < 4.78 is 12.0. The molecule has 1 heterocycles. The molecule has 3 atom stereocenters. The number of rotatable bonds is 7. The zero-order valence-corrected chi connectivity index (χ0v) is 16.4. The number of benzene rings is 2. The van der Waals surface area contributed by atoms with E-state index in [0.717, 1.165) is 6.42 Å². The van der Waals surface area contributed by atoms with Crippen LogP contribution in [0, 0.1) is 5.92 Å². The van der Waals surface area contributed by atoms with Gasteiger partial charge in [-0.2, -0.15) is 0 Å². The van der Waals surface area contributed by atoms with E-state index in [1.165, 1.54) is 5.56 Å². The SMILES string of the molecule is C[C@@H](COCc1ccccc1)C[C@]1(C)OC[C@@H](C)N1C(=O)c1ccccc1. The summed E-state index contributed by atoms with van der Waals surface area (Å²) in [5, 5.41) is 0. The van der Waals surface area contributed by atoms with Gasteiger partial charge in [0, 0.05) is 12.2 Å². The highest BCUT2D eigenvalue weighted by Crippen LogP contribution is 2.34. The minimum atomic E-state index is -0.609. The third-order valence-electron chi connectivity index (χ3n) is 5.07. The van der Waals surface area contributed by atoms with Gasteiger partial charge in [0.25, 0.3) is 5.91 Å². The highest BCUT2D eigenvalue weighted by molar-refractivity contribution is 5.95. The van der Waals surface area contributed by atoms with E-state index in [-0.39, 0.29) is 17.9 Å². The molecule has 144 valence electrons. The second kappa shape index (κ2) is 8.68. The van der Waals surface area contributed by atoms with Crippen molar-refractivity contribution in [3.8, 4) is 0 Å². The van der Waals surface area contributed by atoms with Gasteiger partial charge in [0.1, 0.15) is 5.72 Å². The summed E-state index contributed by atoms with van der Waals surface area (Å²) in [7, 11) is 0. The molecule has 0 aliphatic carbocycles. The molecule has 1 amide bonds. The molecule has 2 aromatic rings. The van der Waals surface area contributed by atoms with Gasteiger partial charge in [0.2, 0.25) is 0 Å². The van der Waals surface area contributed by atoms with E-state index in [2.05, 4.69) is 19.1 Å². The van der Waals surface area contributed by atoms with Gasteiger partial charge in [-0.1, -0.05) is 55.5 Å². The first-order valence-electron chi connectivity index (χ1n) is 9.64. The smallest absolute Gasteiger partial charge is 0.256 e. The highest BCUT2D eigenvalue weighted by Gasteiger charge is 2.45. The number of nitrogens with zero attached hydrogens (tertiary/aromatic N) is 1. The van der Waals surface area contributed by atoms with Crippen LogP contribution in [0.2, 0.25) is 0 Å². The van der Waals surface area contributed by atoms with Crippen LogP contribution in [-0.4, -0.2) is 35.8 Å². The molecule has 1 aliphatic heterocycles. The second-order valence-corrected chi connectivity index (χ2v) is 7.69. The predicted molar refractivity (Wildman–Crippen MR) is 106 cm³/mol. The van der Waals surface area contributed by atoms with E-state index in [0.29, 0.717) is 25.4 Å². The monoisotopic (exact) mass is 367 g/mol. The van der Waals surface area contributed by atoms with Crippen LogP contribution in [0.3, 0.4) is 0 Å². The molecule has 0 spiro atoms. The first-order valence-corrected chi connectivity index (χ1v) is 9.64. The molecule has 4 nitrogen and oxygen atoms in total. The number of carbonyl (C=O) groups excluding carboxylic acids is 1. The highest BCUT2D eigenvalue weighted by atomic mass is 16.5. The normalized spacial score (nSPS) is 23.4. The van der Waals surface area contributed by atoms with E-state index >= 15 is 0 Å². The van der Waals surface area contributed by atoms with Gasteiger partial charge < -0.3 is 14.4 Å². The fraction of sp³-hybridized carbons (Fsp3) is 0.435. The number of hydrogen-bond acceptors (Lipinski definition) is 3. The maximum atomic E-state index is 13.1. The number of ether oxygens (including phenoxy) is 2. The van der Waals surface area contributed by atoms with Crippen LogP contribution in [0.25, 0.3) is 0 Å². The predicted octanol–water partition coefficient (Wildman–Crippen LogP) is 4.51. The zero-order valence-electron chi connectivity index (χ0n) is 16.4. The molecule has 3 rings (SSSR count). The van der Waals surface area contributed by atoms with Gasteiger partial charge in [0.15, 0.2) is 0 Å². The maximum absolute atomic E-state index is 13.1. The van der Waals surface area contributed by atoms with Crippen molar-refractivity contribution in [3.05, 3.63) is 71.8 Å². The fourth-order valence-corrected chi connectivity index (χ4v) is 3.86. The summed E-state index contributed by atoms with van der Waals surface area (Å²) >= 11 is 0. The summed E-state index contributed by atoms with van der Waals surface area (Å²) in [4.78, 5) is 15.0. The molecule has 2 aromatic carbocycles. The molecule has 0 saturated carbocycles. The van der Waals surface area contributed by atoms with Crippen LogP contribution in [0.4, 0.5) is 0 Å². The Kier molecular flexibility index (Phi) is 6.30. The third kappa shape index (κ3) is 4.76. The van der Waals surface area contributed by atoms with Crippen LogP contribution >= 0.6 is 0 Å². The lowest BCUT2D eigenvalue weighted by Crippen LogP contribution is -2.50. The van der Waals surface area contributed by atoms with Gasteiger partial charge in [-0.05, 0) is 43.9 Å². The fourth-order valence-electron chi connectivity index (χ4n) is 3.86. The molecule has 0 radical (unpaired) electrons. The van der Waals surface area contributed by atoms with E-state index in [9.17, 15) is 4.79 Å². The lowest BCUT2D eigenvalue weighted by molar-refractivity contribution is -0.0766. The molecule has 1 fully saturated rings. The van der Waals surface area contributed by atoms with Crippen molar-refractivity contribution in [1.82, 2.24) is 4.90 Å². The molecule has 1 saturated heterocycles. The standard InChI is InChI=1S/C23H29NO3/c1-18(15-26-17-20-10-6-4-7-11-20)14-23(3)24(19(2)16-27-23)22(25)21-12-8-5-9-13-21/h4-13,18-19H,14-17H2,1-3H3/t18-,19-,23+/m1/s1. The van der Waals surface area contributed by atoms with Crippen molar-refractivity contribution in [3.63, 3.8) is 0 Å². The first kappa shape index (κ1) is 19.6. The maximum Gasteiger partial charge on any atom is 0.256 e. The molecule has 4 heteroatoms. The van der Waals surface area contributed by atoms with E-state index < -0.39 is 5.72 Å². The minimum Gasteiger partial charge on any atom is -0.376 e. The van der Waals surface area contributed by atoms with Gasteiger partial charge >= 0.3 is 0 Å². The van der Waals surface area contributed by atoms with Gasteiger partial charge in [-0.25, -0.2) is 0 Å². The van der Waals surface area contributed by atoms with Gasteiger partial charge in [0.05, 0.1) is 19.3 Å². The number of hydrogen-bond donors (Lipinski definition) is 0. The van der Waals surface area contributed by atoms with Crippen LogP contribution < -0.4 is 0 Å². The Morgan fingerprint density at radius 1 is 1.19 bits per heavy atom. The van der Waals surface area contributed by atoms with Crippen LogP contribution in [0.1, 0.15) is 43.1 Å². The second-order valence-electron chi connectivity index (χ2n) is 7.69. The minimum absolute atomic E-state index is 0.0282. The Balaban J connectivity index is 1.60. The Morgan fingerprint density at radius 2 is 1.81 bits per heavy atom. The molecule has 27 heavy (non-hydrogen) atoms. The lowest BCUT2D eigenvalue weighted by Gasteiger charge is -2.37. The van der Waals surface area contributed by atoms with Crippen molar-refractivity contribution < 1.29 is 14.3 Å². The van der Waals surface area contributed by atoms with Crippen molar-refractivity contribution in [2.45, 2.75) is 45.6 Å². The number of carbonyl (C=O) groups is 1. The van der Waals surface area contributed by atoms with Crippen LogP contribution in [-0.2, 0) is 16.1 Å². The van der Waals surface area contributed by atoms with Gasteiger partial charge in [-0.3, -0.25) is 4.79 Å². The molecular weight excluding hydrogens is 338 g/mol. The molecule has 0 aromatic heterocycles. The summed E-state index contributed by atoms with van der Waals surface area (Å²) in [6.07, 6.45) is 0.741. The van der Waals surface area contributed by atoms with Crippen molar-refractivity contribution in [2.75, 3.05) is 13.2 Å². The zero-order chi connectivity index (χ0) is 19.3. The van der Waals surface area contributed by atoms with Gasteiger partial charge in [-0.15, -0.1) is 0 Å². The Bertz CT molecular complexity index is 734. The van der Waals surface area contributed by atoms with E-state index in [1.54, 1.807) is 0 Å². The molecule has 1 aliphatic rings. The summed E-state index contributed by atoms with van der Waals surface area (Å²) in [6.45, 7) is 8.01. The molecule has 0 unspecified atom stereocenters. The summed E-state index contributed by atoms with van der Waals surface area (Å²) in [5.41, 5.74) is 1.26. The van der Waals surface area contributed by atoms with E-state index in [4.69, 9.17) is 9.47 Å². The number of amides is 1. The van der Waals surface area contributed by atoms with E-state index in [1.807, 2.05) is 67.3 Å². The molecular formula is C23H29NO3. The quantitative estimate of drug-likeness (QED) is 0.723. The molecule has 0 N–H and O–H groups in total. The average molecular weight is 367 g/mol. The average Bonchev–Trinajstić information content (AvgIpc) is 2.97. The van der Waals surface area contributed by atoms with Crippen LogP contribution in [0.5, 0.6) is 0 Å². The third-order valence-corrected chi connectivity index (χ3v) is 5.07. The summed E-state index contributed by atoms with van der Waals surface area (Å²) in [5.74, 6) is 0.301.